The highest BCUT2D eigenvalue weighted by molar-refractivity contribution is 7.98. The molecule has 1 rings (SSSR count). The highest BCUT2D eigenvalue weighted by Crippen LogP contribution is 2.16. The van der Waals surface area contributed by atoms with Gasteiger partial charge in [-0.2, -0.15) is 0 Å². The van der Waals surface area contributed by atoms with Crippen LogP contribution in [0.2, 0.25) is 0 Å². The highest BCUT2D eigenvalue weighted by atomic mass is 32.2. The summed E-state index contributed by atoms with van der Waals surface area (Å²) in [5, 5.41) is 16.5. The third kappa shape index (κ3) is 8.61. The van der Waals surface area contributed by atoms with Gasteiger partial charge in [0.2, 0.25) is 0 Å². The Kier molecular flexibility index (Phi) is 11.4. The van der Waals surface area contributed by atoms with Gasteiger partial charge in [-0.05, 0) is 25.0 Å². The molecule has 0 aromatic carbocycles. The molecular formula is C18H36N6S. The van der Waals surface area contributed by atoms with E-state index in [1.54, 1.807) is 11.8 Å². The highest BCUT2D eigenvalue weighted by Gasteiger charge is 2.12. The van der Waals surface area contributed by atoms with Gasteiger partial charge in [-0.1, -0.05) is 51.8 Å². The van der Waals surface area contributed by atoms with Crippen molar-refractivity contribution in [1.29, 1.82) is 0 Å². The summed E-state index contributed by atoms with van der Waals surface area (Å²) in [5.41, 5.74) is 0. The molecule has 0 radical (unpaired) electrons. The number of unbranched alkanes of at least 4 members (excludes halogenated alkanes) is 3. The fourth-order valence-corrected chi connectivity index (χ4v) is 3.16. The zero-order valence-corrected chi connectivity index (χ0v) is 17.5. The molecule has 0 fully saturated rings. The number of nitrogens with zero attached hydrogens (tertiary/aromatic N) is 4. The summed E-state index contributed by atoms with van der Waals surface area (Å²) >= 11 is 1.67. The summed E-state index contributed by atoms with van der Waals surface area (Å²) in [6.07, 6.45) is 9.06. The lowest BCUT2D eigenvalue weighted by atomic mass is 10.2. The molecule has 1 aromatic rings. The Balaban J connectivity index is 2.33. The first kappa shape index (κ1) is 21.8. The van der Waals surface area contributed by atoms with Crippen LogP contribution in [0.1, 0.15) is 58.7 Å². The van der Waals surface area contributed by atoms with Gasteiger partial charge in [0.25, 0.3) is 0 Å². The first-order valence-corrected chi connectivity index (χ1v) is 10.7. The largest absolute Gasteiger partial charge is 0.356 e. The molecule has 0 atom stereocenters. The van der Waals surface area contributed by atoms with Crippen molar-refractivity contribution in [3.63, 3.8) is 0 Å². The quantitative estimate of drug-likeness (QED) is 0.256. The smallest absolute Gasteiger partial charge is 0.190 e. The van der Waals surface area contributed by atoms with Crippen molar-refractivity contribution in [2.75, 3.05) is 26.4 Å². The van der Waals surface area contributed by atoms with Gasteiger partial charge in [0.15, 0.2) is 11.1 Å². The van der Waals surface area contributed by atoms with Crippen LogP contribution in [-0.4, -0.2) is 47.1 Å². The van der Waals surface area contributed by atoms with E-state index in [1.165, 1.54) is 25.7 Å². The van der Waals surface area contributed by atoms with Crippen molar-refractivity contribution < 1.29 is 0 Å². The first-order chi connectivity index (χ1) is 12.1. The molecule has 0 saturated carbocycles. The van der Waals surface area contributed by atoms with Crippen LogP contribution < -0.4 is 10.6 Å². The lowest BCUT2D eigenvalue weighted by Crippen LogP contribution is -2.38. The average molecular weight is 369 g/mol. The molecular weight excluding hydrogens is 332 g/mol. The Hall–Kier alpha value is -1.24. The molecule has 1 aromatic heterocycles. The van der Waals surface area contributed by atoms with Gasteiger partial charge in [0, 0.05) is 33.1 Å². The molecule has 6 nitrogen and oxygen atoms in total. The minimum Gasteiger partial charge on any atom is -0.356 e. The first-order valence-electron chi connectivity index (χ1n) is 9.52. The number of rotatable bonds is 12. The minimum atomic E-state index is 0.592. The Morgan fingerprint density at radius 3 is 2.44 bits per heavy atom. The zero-order valence-electron chi connectivity index (χ0n) is 16.6. The molecule has 0 saturated heterocycles. The van der Waals surface area contributed by atoms with Crippen LogP contribution in [0, 0.1) is 5.92 Å². The van der Waals surface area contributed by atoms with Crippen LogP contribution in [0.5, 0.6) is 0 Å². The summed E-state index contributed by atoms with van der Waals surface area (Å²) in [6.45, 7) is 9.54. The standard InChI is InChI=1S/C18H36N6S/c1-6-7-8-9-12-20-17(19-4)21-13-10-11-16-22-23-18(25-5)24(16)14-15(2)3/h15H,6-14H2,1-5H3,(H2,19,20,21). The van der Waals surface area contributed by atoms with Gasteiger partial charge in [-0.25, -0.2) is 0 Å². The summed E-state index contributed by atoms with van der Waals surface area (Å²) < 4.78 is 2.26. The molecule has 25 heavy (non-hydrogen) atoms. The van der Waals surface area contributed by atoms with Crippen molar-refractivity contribution >= 4 is 17.7 Å². The van der Waals surface area contributed by atoms with Gasteiger partial charge >= 0.3 is 0 Å². The number of hydrogen-bond acceptors (Lipinski definition) is 4. The monoisotopic (exact) mass is 368 g/mol. The van der Waals surface area contributed by atoms with E-state index < -0.39 is 0 Å². The molecule has 0 aliphatic rings. The van der Waals surface area contributed by atoms with E-state index in [0.29, 0.717) is 5.92 Å². The molecule has 0 spiro atoms. The Labute approximate surface area is 157 Å². The fraction of sp³-hybridized carbons (Fsp3) is 0.833. The van der Waals surface area contributed by atoms with Gasteiger partial charge in [-0.15, -0.1) is 10.2 Å². The lowest BCUT2D eigenvalue weighted by Gasteiger charge is -2.13. The number of hydrogen-bond donors (Lipinski definition) is 2. The van der Waals surface area contributed by atoms with Crippen molar-refractivity contribution in [2.45, 2.75) is 71.0 Å². The summed E-state index contributed by atoms with van der Waals surface area (Å²) in [5.74, 6) is 2.57. The van der Waals surface area contributed by atoms with Crippen LogP contribution >= 0.6 is 11.8 Å². The van der Waals surface area contributed by atoms with Crippen LogP contribution in [0.3, 0.4) is 0 Å². The Bertz CT molecular complexity index is 498. The van der Waals surface area contributed by atoms with E-state index in [4.69, 9.17) is 0 Å². The van der Waals surface area contributed by atoms with Crippen LogP contribution in [-0.2, 0) is 13.0 Å². The van der Waals surface area contributed by atoms with Crippen LogP contribution in [0.25, 0.3) is 0 Å². The Morgan fingerprint density at radius 2 is 1.84 bits per heavy atom. The van der Waals surface area contributed by atoms with E-state index in [2.05, 4.69) is 57.4 Å². The predicted molar refractivity (Wildman–Crippen MR) is 108 cm³/mol. The molecule has 144 valence electrons. The van der Waals surface area contributed by atoms with Gasteiger partial charge in [0.1, 0.15) is 5.82 Å². The molecule has 2 N–H and O–H groups in total. The van der Waals surface area contributed by atoms with E-state index in [-0.39, 0.29) is 0 Å². The molecule has 7 heteroatoms. The third-order valence-electron chi connectivity index (χ3n) is 3.94. The van der Waals surface area contributed by atoms with E-state index in [0.717, 1.165) is 49.4 Å². The number of aromatic nitrogens is 3. The number of guanidine groups is 1. The molecule has 0 amide bonds. The topological polar surface area (TPSA) is 67.1 Å². The van der Waals surface area contributed by atoms with Crippen molar-refractivity contribution in [1.82, 2.24) is 25.4 Å². The van der Waals surface area contributed by atoms with Gasteiger partial charge in [0.05, 0.1) is 0 Å². The SMILES string of the molecule is CCCCCCNC(=NC)NCCCc1nnc(SC)n1CC(C)C. The van der Waals surface area contributed by atoms with Gasteiger partial charge < -0.3 is 15.2 Å². The van der Waals surface area contributed by atoms with E-state index in [9.17, 15) is 0 Å². The predicted octanol–water partition coefficient (Wildman–Crippen LogP) is 3.33. The van der Waals surface area contributed by atoms with E-state index in [1.807, 2.05) is 7.05 Å². The lowest BCUT2D eigenvalue weighted by molar-refractivity contribution is 0.477. The maximum absolute atomic E-state index is 4.37. The maximum Gasteiger partial charge on any atom is 0.190 e. The van der Waals surface area contributed by atoms with Crippen LogP contribution in [0.4, 0.5) is 0 Å². The molecule has 0 bridgehead atoms. The van der Waals surface area contributed by atoms with Crippen molar-refractivity contribution in [3.05, 3.63) is 5.82 Å². The zero-order chi connectivity index (χ0) is 18.5. The summed E-state index contributed by atoms with van der Waals surface area (Å²) in [7, 11) is 1.82. The molecule has 0 unspecified atom stereocenters. The number of aryl methyl sites for hydroxylation is 1. The number of aliphatic imine (C=N–C) groups is 1. The average Bonchev–Trinajstić information content (AvgIpc) is 2.97. The number of nitrogens with one attached hydrogen (secondary N) is 2. The number of thioether (sulfide) groups is 1. The Morgan fingerprint density at radius 1 is 1.12 bits per heavy atom. The second-order valence-electron chi connectivity index (χ2n) is 6.70. The summed E-state index contributed by atoms with van der Waals surface area (Å²) in [6, 6.07) is 0. The maximum atomic E-state index is 4.37. The molecule has 1 heterocycles. The third-order valence-corrected chi connectivity index (χ3v) is 4.61. The molecule has 0 aliphatic heterocycles. The summed E-state index contributed by atoms with van der Waals surface area (Å²) in [4.78, 5) is 4.28. The molecule has 0 aliphatic carbocycles. The van der Waals surface area contributed by atoms with Crippen LogP contribution in [0.15, 0.2) is 10.1 Å². The van der Waals surface area contributed by atoms with Gasteiger partial charge in [-0.3, -0.25) is 4.99 Å². The normalized spacial score (nSPS) is 12.0. The fourth-order valence-electron chi connectivity index (χ4n) is 2.64. The second-order valence-corrected chi connectivity index (χ2v) is 7.47. The minimum absolute atomic E-state index is 0.592. The van der Waals surface area contributed by atoms with Crippen molar-refractivity contribution in [2.24, 2.45) is 10.9 Å². The van der Waals surface area contributed by atoms with E-state index >= 15 is 0 Å². The van der Waals surface area contributed by atoms with Crippen molar-refractivity contribution in [3.8, 4) is 0 Å². The second kappa shape index (κ2) is 13.0.